The van der Waals surface area contributed by atoms with Crippen LogP contribution in [0.2, 0.25) is 0 Å². The number of rotatable bonds is 4. The van der Waals surface area contributed by atoms with Crippen LogP contribution in [-0.4, -0.2) is 60.8 Å². The van der Waals surface area contributed by atoms with Crippen molar-refractivity contribution in [3.05, 3.63) is 18.1 Å². The number of amides is 1. The molecule has 1 amide bonds. The summed E-state index contributed by atoms with van der Waals surface area (Å²) in [6.07, 6.45) is 6.12. The molecular weight excluding hydrogens is 332 g/mol. The minimum atomic E-state index is -3.12. The summed E-state index contributed by atoms with van der Waals surface area (Å²) in [6.45, 7) is 3.37. The topological polar surface area (TPSA) is 92.7 Å². The third-order valence-corrected chi connectivity index (χ3v) is 5.80. The van der Waals surface area contributed by atoms with Crippen molar-refractivity contribution in [2.75, 3.05) is 30.8 Å². The summed E-state index contributed by atoms with van der Waals surface area (Å²) in [5, 5.41) is 0. The Hall–Kier alpha value is -1.74. The molecule has 9 heteroatoms. The van der Waals surface area contributed by atoms with Gasteiger partial charge in [0, 0.05) is 25.5 Å². The van der Waals surface area contributed by atoms with Crippen molar-refractivity contribution in [1.82, 2.24) is 14.3 Å². The van der Waals surface area contributed by atoms with E-state index in [1.54, 1.807) is 12.4 Å². The molecule has 0 aromatic carbocycles. The molecule has 2 saturated heterocycles. The van der Waals surface area contributed by atoms with E-state index in [4.69, 9.17) is 4.74 Å². The number of nitrogens with zero attached hydrogens (tertiary/aromatic N) is 4. The van der Waals surface area contributed by atoms with Crippen molar-refractivity contribution in [3.8, 4) is 0 Å². The van der Waals surface area contributed by atoms with Gasteiger partial charge >= 0.3 is 6.09 Å². The number of aromatic nitrogens is 2. The first-order valence-electron chi connectivity index (χ1n) is 8.07. The Morgan fingerprint density at radius 3 is 2.50 bits per heavy atom. The second-order valence-corrected chi connectivity index (χ2v) is 8.42. The zero-order valence-electron chi connectivity index (χ0n) is 13.9. The number of ether oxygens (including phenoxy) is 1. The summed E-state index contributed by atoms with van der Waals surface area (Å²) in [6, 6.07) is 0. The highest BCUT2D eigenvalue weighted by Crippen LogP contribution is 2.27. The summed E-state index contributed by atoms with van der Waals surface area (Å²) in [4.78, 5) is 22.2. The highest BCUT2D eigenvalue weighted by Gasteiger charge is 2.33. The molecule has 1 unspecified atom stereocenters. The van der Waals surface area contributed by atoms with Gasteiger partial charge in [-0.2, -0.15) is 0 Å². The number of piperidine rings is 1. The fourth-order valence-corrected chi connectivity index (χ4v) is 4.10. The Morgan fingerprint density at radius 2 is 1.92 bits per heavy atom. The lowest BCUT2D eigenvalue weighted by Crippen LogP contribution is -2.38. The van der Waals surface area contributed by atoms with E-state index in [2.05, 4.69) is 9.97 Å². The van der Waals surface area contributed by atoms with Gasteiger partial charge in [0.2, 0.25) is 10.0 Å². The zero-order chi connectivity index (χ0) is 17.3. The zero-order valence-corrected chi connectivity index (χ0v) is 14.7. The maximum atomic E-state index is 11.9. The van der Waals surface area contributed by atoms with Crippen molar-refractivity contribution in [2.45, 2.75) is 32.3 Å². The number of cyclic esters (lactones) is 1. The van der Waals surface area contributed by atoms with Gasteiger partial charge in [0.05, 0.1) is 18.5 Å². The van der Waals surface area contributed by atoms with E-state index in [1.807, 2.05) is 6.92 Å². The molecule has 3 rings (SSSR count). The van der Waals surface area contributed by atoms with Gasteiger partial charge in [-0.1, -0.05) is 0 Å². The Morgan fingerprint density at radius 1 is 1.25 bits per heavy atom. The smallest absolute Gasteiger partial charge is 0.415 e. The standard InChI is InChI=1S/C15H22N4O4S/c1-11-10-19(15(20)23-11)14-13(16-5-6-17-14)9-12-3-7-18(8-4-12)24(2,21)22/h5-6,11-12H,3-4,7-10H2,1-2H3. The van der Waals surface area contributed by atoms with Crippen LogP contribution in [0.5, 0.6) is 0 Å². The summed E-state index contributed by atoms with van der Waals surface area (Å²) >= 11 is 0. The average Bonchev–Trinajstić information content (AvgIpc) is 2.86. The van der Waals surface area contributed by atoms with Crippen LogP contribution in [0.4, 0.5) is 10.6 Å². The number of hydrogen-bond donors (Lipinski definition) is 0. The third kappa shape index (κ3) is 3.67. The van der Waals surface area contributed by atoms with E-state index in [0.29, 0.717) is 37.8 Å². The van der Waals surface area contributed by atoms with E-state index < -0.39 is 16.1 Å². The quantitative estimate of drug-likeness (QED) is 0.802. The lowest BCUT2D eigenvalue weighted by atomic mass is 9.93. The lowest BCUT2D eigenvalue weighted by molar-refractivity contribution is 0.149. The van der Waals surface area contributed by atoms with Crippen LogP contribution < -0.4 is 4.90 Å². The molecule has 132 valence electrons. The molecule has 0 radical (unpaired) electrons. The molecule has 0 N–H and O–H groups in total. The second-order valence-electron chi connectivity index (χ2n) is 6.44. The van der Waals surface area contributed by atoms with Crippen molar-refractivity contribution < 1.29 is 17.9 Å². The lowest BCUT2D eigenvalue weighted by Gasteiger charge is -2.30. The van der Waals surface area contributed by atoms with Crippen LogP contribution in [0, 0.1) is 5.92 Å². The summed E-state index contributed by atoms with van der Waals surface area (Å²) in [5.41, 5.74) is 0.765. The molecule has 1 aromatic rings. The molecule has 8 nitrogen and oxygen atoms in total. The molecule has 0 spiro atoms. The van der Waals surface area contributed by atoms with E-state index in [1.165, 1.54) is 15.5 Å². The van der Waals surface area contributed by atoms with Gasteiger partial charge in [-0.05, 0) is 32.1 Å². The van der Waals surface area contributed by atoms with Gasteiger partial charge in [0.1, 0.15) is 6.10 Å². The highest BCUT2D eigenvalue weighted by molar-refractivity contribution is 7.88. The van der Waals surface area contributed by atoms with Gasteiger partial charge in [-0.25, -0.2) is 22.5 Å². The van der Waals surface area contributed by atoms with E-state index in [9.17, 15) is 13.2 Å². The number of anilines is 1. The second kappa shape index (κ2) is 6.64. The van der Waals surface area contributed by atoms with Crippen LogP contribution in [0.25, 0.3) is 0 Å². The van der Waals surface area contributed by atoms with Crippen LogP contribution in [0.1, 0.15) is 25.5 Å². The predicted molar refractivity (Wildman–Crippen MR) is 88.2 cm³/mol. The first-order chi connectivity index (χ1) is 11.3. The minimum Gasteiger partial charge on any atom is -0.444 e. The maximum absolute atomic E-state index is 11.9. The van der Waals surface area contributed by atoms with Gasteiger partial charge in [0.25, 0.3) is 0 Å². The summed E-state index contributed by atoms with van der Waals surface area (Å²) in [5.74, 6) is 0.881. The fraction of sp³-hybridized carbons (Fsp3) is 0.667. The maximum Gasteiger partial charge on any atom is 0.415 e. The Kier molecular flexibility index (Phi) is 4.73. The molecule has 1 aromatic heterocycles. The van der Waals surface area contributed by atoms with Crippen LogP contribution in [0.3, 0.4) is 0 Å². The normalized spacial score (nSPS) is 23.5. The third-order valence-electron chi connectivity index (χ3n) is 4.49. The molecule has 0 aliphatic carbocycles. The van der Waals surface area contributed by atoms with Gasteiger partial charge in [0.15, 0.2) is 5.82 Å². The van der Waals surface area contributed by atoms with Gasteiger partial charge in [-0.3, -0.25) is 9.88 Å². The van der Waals surface area contributed by atoms with Crippen LogP contribution in [0.15, 0.2) is 12.4 Å². The molecule has 24 heavy (non-hydrogen) atoms. The fourth-order valence-electron chi connectivity index (χ4n) is 3.23. The number of carbonyl (C=O) groups excluding carboxylic acids is 1. The Balaban J connectivity index is 1.70. The minimum absolute atomic E-state index is 0.162. The van der Waals surface area contributed by atoms with Crippen molar-refractivity contribution in [1.29, 1.82) is 0 Å². The van der Waals surface area contributed by atoms with Gasteiger partial charge < -0.3 is 4.74 Å². The van der Waals surface area contributed by atoms with Crippen LogP contribution in [-0.2, 0) is 21.2 Å². The van der Waals surface area contributed by atoms with Crippen LogP contribution >= 0.6 is 0 Å². The predicted octanol–water partition coefficient (Wildman–Crippen LogP) is 1.04. The van der Waals surface area contributed by atoms with E-state index in [-0.39, 0.29) is 6.10 Å². The molecule has 0 bridgehead atoms. The largest absolute Gasteiger partial charge is 0.444 e. The monoisotopic (exact) mass is 354 g/mol. The highest BCUT2D eigenvalue weighted by atomic mass is 32.2. The van der Waals surface area contributed by atoms with Gasteiger partial charge in [-0.15, -0.1) is 0 Å². The Labute approximate surface area is 141 Å². The molecular formula is C15H22N4O4S. The van der Waals surface area contributed by atoms with E-state index in [0.717, 1.165) is 18.5 Å². The molecule has 1 atom stereocenters. The summed E-state index contributed by atoms with van der Waals surface area (Å²) < 4.78 is 29.9. The number of hydrogen-bond acceptors (Lipinski definition) is 6. The van der Waals surface area contributed by atoms with Crippen molar-refractivity contribution >= 4 is 21.9 Å². The SMILES string of the molecule is CC1CN(c2nccnc2CC2CCN(S(C)(=O)=O)CC2)C(=O)O1. The van der Waals surface area contributed by atoms with Crippen molar-refractivity contribution in [2.24, 2.45) is 5.92 Å². The molecule has 0 saturated carbocycles. The number of sulfonamides is 1. The average molecular weight is 354 g/mol. The molecule has 2 aliphatic heterocycles. The first-order valence-corrected chi connectivity index (χ1v) is 9.92. The van der Waals surface area contributed by atoms with Crippen molar-refractivity contribution in [3.63, 3.8) is 0 Å². The Bertz CT molecular complexity index is 716. The molecule has 2 aliphatic rings. The molecule has 2 fully saturated rings. The van der Waals surface area contributed by atoms with E-state index >= 15 is 0 Å². The number of carbonyl (C=O) groups is 1. The first kappa shape index (κ1) is 17.1. The molecule has 3 heterocycles. The summed E-state index contributed by atoms with van der Waals surface area (Å²) in [7, 11) is -3.12.